The van der Waals surface area contributed by atoms with E-state index in [2.05, 4.69) is 0 Å². The predicted octanol–water partition coefficient (Wildman–Crippen LogP) is 4.16. The van der Waals surface area contributed by atoms with Crippen molar-refractivity contribution in [3.63, 3.8) is 0 Å². The molecule has 0 radical (unpaired) electrons. The van der Waals surface area contributed by atoms with Gasteiger partial charge in [0.05, 0.1) is 12.5 Å². The number of rotatable bonds is 5. The second-order valence-corrected chi connectivity index (χ2v) is 5.84. The van der Waals surface area contributed by atoms with Gasteiger partial charge in [-0.2, -0.15) is 0 Å². The summed E-state index contributed by atoms with van der Waals surface area (Å²) in [4.78, 5) is 25.4. The van der Waals surface area contributed by atoms with E-state index in [0.29, 0.717) is 24.2 Å². The Morgan fingerprint density at radius 3 is 2.25 bits per heavy atom. The van der Waals surface area contributed by atoms with Crippen LogP contribution in [0.3, 0.4) is 0 Å². The normalized spacial score (nSPS) is 19.6. The largest absolute Gasteiger partial charge is 0.463 e. The Hall–Kier alpha value is -2.68. The quantitative estimate of drug-likeness (QED) is 0.613. The van der Waals surface area contributed by atoms with Crippen LogP contribution in [0.15, 0.2) is 72.3 Å². The fourth-order valence-corrected chi connectivity index (χ4v) is 3.29. The molecule has 0 heterocycles. The van der Waals surface area contributed by atoms with Crippen molar-refractivity contribution < 1.29 is 14.3 Å². The van der Waals surface area contributed by atoms with Crippen molar-refractivity contribution in [1.82, 2.24) is 0 Å². The van der Waals surface area contributed by atoms with Crippen LogP contribution in [0, 0.1) is 5.92 Å². The monoisotopic (exact) mass is 320 g/mol. The Balaban J connectivity index is 1.97. The highest BCUT2D eigenvalue weighted by Gasteiger charge is 2.40. The van der Waals surface area contributed by atoms with Gasteiger partial charge in [-0.25, -0.2) is 4.79 Å². The minimum atomic E-state index is -0.492. The number of ether oxygens (including phenoxy) is 1. The van der Waals surface area contributed by atoms with E-state index in [4.69, 9.17) is 4.74 Å². The Labute approximate surface area is 142 Å². The summed E-state index contributed by atoms with van der Waals surface area (Å²) in [6.45, 7) is 2.08. The molecule has 3 heteroatoms. The van der Waals surface area contributed by atoms with E-state index in [9.17, 15) is 9.59 Å². The first-order chi connectivity index (χ1) is 11.7. The molecule has 0 unspecified atom stereocenters. The Bertz CT molecular complexity index is 747. The average Bonchev–Trinajstić information content (AvgIpc) is 3.08. The number of carbonyl (C=O) groups is 2. The smallest absolute Gasteiger partial charge is 0.334 e. The number of hydrogen-bond donors (Lipinski definition) is 0. The molecular weight excluding hydrogens is 300 g/mol. The lowest BCUT2D eigenvalue weighted by Gasteiger charge is -2.22. The topological polar surface area (TPSA) is 43.4 Å². The number of benzene rings is 2. The molecule has 0 aromatic heterocycles. The van der Waals surface area contributed by atoms with Crippen LogP contribution in [-0.4, -0.2) is 18.4 Å². The number of ketones is 1. The fraction of sp³-hybridized carbons (Fsp3) is 0.238. The first kappa shape index (κ1) is 16.2. The molecular formula is C21H20O3. The van der Waals surface area contributed by atoms with Crippen LogP contribution in [0.25, 0.3) is 0 Å². The predicted molar refractivity (Wildman–Crippen MR) is 92.8 cm³/mol. The molecule has 0 saturated heterocycles. The Morgan fingerprint density at radius 1 is 1.00 bits per heavy atom. The Morgan fingerprint density at radius 2 is 1.62 bits per heavy atom. The summed E-state index contributed by atoms with van der Waals surface area (Å²) >= 11 is 0. The van der Waals surface area contributed by atoms with Crippen molar-refractivity contribution in [2.24, 2.45) is 5.92 Å². The van der Waals surface area contributed by atoms with Crippen LogP contribution in [0.5, 0.6) is 0 Å². The zero-order valence-electron chi connectivity index (χ0n) is 13.6. The van der Waals surface area contributed by atoms with Crippen LogP contribution in [0.1, 0.15) is 35.2 Å². The number of Topliss-reactive ketones (excluding diaryl/α,β-unsaturated/α-hetero) is 1. The maximum atomic E-state index is 13.1. The van der Waals surface area contributed by atoms with Gasteiger partial charge in [-0.15, -0.1) is 0 Å². The van der Waals surface area contributed by atoms with Gasteiger partial charge in [-0.3, -0.25) is 4.79 Å². The van der Waals surface area contributed by atoms with Gasteiger partial charge in [0.2, 0.25) is 0 Å². The number of carbonyl (C=O) groups excluding carboxylic acids is 2. The van der Waals surface area contributed by atoms with E-state index in [-0.39, 0.29) is 17.7 Å². The van der Waals surface area contributed by atoms with Crippen molar-refractivity contribution in [2.45, 2.75) is 19.3 Å². The van der Waals surface area contributed by atoms with Crippen LogP contribution >= 0.6 is 0 Å². The number of allylic oxidation sites excluding steroid dienone is 1. The van der Waals surface area contributed by atoms with E-state index in [1.165, 1.54) is 0 Å². The van der Waals surface area contributed by atoms with E-state index < -0.39 is 5.92 Å². The third-order valence-corrected chi connectivity index (χ3v) is 4.41. The molecule has 0 aliphatic heterocycles. The molecule has 2 aromatic carbocycles. The van der Waals surface area contributed by atoms with Gasteiger partial charge in [0.25, 0.3) is 0 Å². The first-order valence-corrected chi connectivity index (χ1v) is 8.23. The Kier molecular flexibility index (Phi) is 4.90. The van der Waals surface area contributed by atoms with Crippen LogP contribution in [0.2, 0.25) is 0 Å². The number of hydrogen-bond acceptors (Lipinski definition) is 3. The van der Waals surface area contributed by atoms with Gasteiger partial charge in [0.1, 0.15) is 0 Å². The molecule has 0 amide bonds. The first-order valence-electron chi connectivity index (χ1n) is 8.23. The second kappa shape index (κ2) is 7.26. The van der Waals surface area contributed by atoms with Gasteiger partial charge >= 0.3 is 5.97 Å². The molecule has 2 aromatic rings. The van der Waals surface area contributed by atoms with Crippen LogP contribution in [-0.2, 0) is 9.53 Å². The minimum Gasteiger partial charge on any atom is -0.463 e. The van der Waals surface area contributed by atoms with Crippen molar-refractivity contribution in [1.29, 1.82) is 0 Å². The average molecular weight is 320 g/mol. The maximum absolute atomic E-state index is 13.1. The second-order valence-electron chi connectivity index (χ2n) is 5.84. The molecule has 0 spiro atoms. The minimum absolute atomic E-state index is 0.0266. The molecule has 3 rings (SSSR count). The highest BCUT2D eigenvalue weighted by molar-refractivity contribution is 6.06. The summed E-state index contributed by atoms with van der Waals surface area (Å²) in [5, 5.41) is 0. The van der Waals surface area contributed by atoms with E-state index in [1.54, 1.807) is 19.1 Å². The molecule has 0 N–H and O–H groups in total. The molecule has 122 valence electrons. The third-order valence-electron chi connectivity index (χ3n) is 4.41. The van der Waals surface area contributed by atoms with Crippen molar-refractivity contribution in [3.05, 3.63) is 83.4 Å². The van der Waals surface area contributed by atoms with Gasteiger partial charge in [0, 0.05) is 17.1 Å². The molecule has 3 nitrogen and oxygen atoms in total. The lowest BCUT2D eigenvalue weighted by molar-refractivity contribution is -0.138. The highest BCUT2D eigenvalue weighted by Crippen LogP contribution is 2.41. The summed E-state index contributed by atoms with van der Waals surface area (Å²) in [6.07, 6.45) is 2.53. The van der Waals surface area contributed by atoms with Crippen molar-refractivity contribution >= 4 is 11.8 Å². The third kappa shape index (κ3) is 3.16. The molecule has 24 heavy (non-hydrogen) atoms. The molecule has 1 aliphatic carbocycles. The lowest BCUT2D eigenvalue weighted by Crippen LogP contribution is -2.25. The SMILES string of the molecule is CCOC(=O)C1=CC[C@@H](c2ccccc2)[C@@H]1C(=O)c1ccccc1. The molecule has 0 bridgehead atoms. The fourth-order valence-electron chi connectivity index (χ4n) is 3.29. The summed E-state index contributed by atoms with van der Waals surface area (Å²) in [5.74, 6) is -0.932. The highest BCUT2D eigenvalue weighted by atomic mass is 16.5. The van der Waals surface area contributed by atoms with Gasteiger partial charge < -0.3 is 4.74 Å². The standard InChI is InChI=1S/C21H20O3/c1-2-24-21(23)18-14-13-17(15-9-5-3-6-10-15)19(18)20(22)16-11-7-4-8-12-16/h3-12,14,17,19H,2,13H2,1H3/t17-,19-/m0/s1. The zero-order valence-corrected chi connectivity index (χ0v) is 13.6. The molecule has 2 atom stereocenters. The maximum Gasteiger partial charge on any atom is 0.334 e. The summed E-state index contributed by atoms with van der Waals surface area (Å²) < 4.78 is 5.17. The van der Waals surface area contributed by atoms with Gasteiger partial charge in [-0.05, 0) is 18.9 Å². The van der Waals surface area contributed by atoms with Gasteiger partial charge in [0.15, 0.2) is 5.78 Å². The summed E-state index contributed by atoms with van der Waals surface area (Å²) in [7, 11) is 0. The van der Waals surface area contributed by atoms with Crippen molar-refractivity contribution in [2.75, 3.05) is 6.61 Å². The van der Waals surface area contributed by atoms with E-state index in [0.717, 1.165) is 5.56 Å². The summed E-state index contributed by atoms with van der Waals surface area (Å²) in [6, 6.07) is 19.0. The van der Waals surface area contributed by atoms with Crippen LogP contribution < -0.4 is 0 Å². The molecule has 1 aliphatic rings. The van der Waals surface area contributed by atoms with Crippen LogP contribution in [0.4, 0.5) is 0 Å². The molecule has 0 fully saturated rings. The summed E-state index contributed by atoms with van der Waals surface area (Å²) in [5.41, 5.74) is 2.18. The van der Waals surface area contributed by atoms with E-state index >= 15 is 0 Å². The van der Waals surface area contributed by atoms with Crippen molar-refractivity contribution in [3.8, 4) is 0 Å². The van der Waals surface area contributed by atoms with E-state index in [1.807, 2.05) is 54.6 Å². The van der Waals surface area contributed by atoms with Gasteiger partial charge in [-0.1, -0.05) is 66.7 Å². The zero-order chi connectivity index (χ0) is 16.9. The number of esters is 1. The molecule has 0 saturated carbocycles. The lowest BCUT2D eigenvalue weighted by atomic mass is 9.80.